The van der Waals surface area contributed by atoms with Gasteiger partial charge < -0.3 is 14.8 Å². The van der Waals surface area contributed by atoms with Crippen molar-refractivity contribution in [1.29, 1.82) is 0 Å². The van der Waals surface area contributed by atoms with Gasteiger partial charge in [-0.1, -0.05) is 17.7 Å². The Morgan fingerprint density at radius 1 is 1.20 bits per heavy atom. The van der Waals surface area contributed by atoms with Crippen molar-refractivity contribution in [3.05, 3.63) is 52.7 Å². The minimum absolute atomic E-state index is 0.197. The first-order valence-corrected chi connectivity index (χ1v) is 8.43. The quantitative estimate of drug-likeness (QED) is 0.769. The highest BCUT2D eigenvalue weighted by Crippen LogP contribution is 2.23. The highest BCUT2D eigenvalue weighted by Gasteiger charge is 2.11. The van der Waals surface area contributed by atoms with Crippen molar-refractivity contribution < 1.29 is 14.3 Å². The molecule has 0 saturated carbocycles. The Morgan fingerprint density at radius 3 is 2.60 bits per heavy atom. The summed E-state index contributed by atoms with van der Waals surface area (Å²) < 4.78 is 11.1. The second-order valence-corrected chi connectivity index (χ2v) is 6.97. The van der Waals surface area contributed by atoms with Gasteiger partial charge in [-0.3, -0.25) is 4.79 Å². The van der Waals surface area contributed by atoms with Gasteiger partial charge in [0, 0.05) is 23.0 Å². The lowest BCUT2D eigenvalue weighted by Gasteiger charge is -2.19. The lowest BCUT2D eigenvalue weighted by Crippen LogP contribution is -2.22. The number of hydrogen-bond donors (Lipinski definition) is 1. The van der Waals surface area contributed by atoms with Crippen LogP contribution in [0.15, 0.2) is 36.5 Å². The maximum atomic E-state index is 12.3. The average molecular weight is 363 g/mol. The van der Waals surface area contributed by atoms with E-state index in [1.807, 2.05) is 27.7 Å². The minimum atomic E-state index is -0.250. The first-order chi connectivity index (χ1) is 11.8. The van der Waals surface area contributed by atoms with Gasteiger partial charge in [-0.2, -0.15) is 0 Å². The third kappa shape index (κ3) is 6.03. The van der Waals surface area contributed by atoms with Crippen molar-refractivity contribution in [2.24, 2.45) is 0 Å². The molecule has 6 heteroatoms. The van der Waals surface area contributed by atoms with Gasteiger partial charge in [-0.05, 0) is 51.5 Å². The third-order valence-corrected chi connectivity index (χ3v) is 3.79. The number of anilines is 1. The smallest absolute Gasteiger partial charge is 0.257 e. The molecule has 2 aromatic rings. The maximum Gasteiger partial charge on any atom is 0.257 e. The minimum Gasteiger partial charge on any atom is -0.475 e. The number of rotatable bonds is 6. The van der Waals surface area contributed by atoms with Crippen LogP contribution in [0, 0.1) is 6.92 Å². The number of halogens is 1. The summed E-state index contributed by atoms with van der Waals surface area (Å²) in [5.74, 6) is 0.202. The fourth-order valence-electron chi connectivity index (χ4n) is 2.03. The SMILES string of the molecule is Cc1c(Cl)cccc1NC(=O)c1ccc(OCCOC(C)(C)C)nc1. The second-order valence-electron chi connectivity index (χ2n) is 6.56. The van der Waals surface area contributed by atoms with E-state index in [1.54, 1.807) is 30.3 Å². The highest BCUT2D eigenvalue weighted by atomic mass is 35.5. The Bertz CT molecular complexity index is 724. The molecule has 0 aliphatic rings. The van der Waals surface area contributed by atoms with E-state index in [0.717, 1.165) is 5.56 Å². The van der Waals surface area contributed by atoms with Crippen molar-refractivity contribution >= 4 is 23.2 Å². The monoisotopic (exact) mass is 362 g/mol. The number of carbonyl (C=O) groups excluding carboxylic acids is 1. The number of nitrogens with zero attached hydrogens (tertiary/aromatic N) is 1. The first kappa shape index (κ1) is 19.2. The van der Waals surface area contributed by atoms with E-state index in [-0.39, 0.29) is 11.5 Å². The Kier molecular flexibility index (Phi) is 6.39. The van der Waals surface area contributed by atoms with E-state index in [2.05, 4.69) is 10.3 Å². The lowest BCUT2D eigenvalue weighted by atomic mass is 10.2. The topological polar surface area (TPSA) is 60.5 Å². The van der Waals surface area contributed by atoms with Crippen LogP contribution in [0.4, 0.5) is 5.69 Å². The molecule has 5 nitrogen and oxygen atoms in total. The van der Waals surface area contributed by atoms with Crippen LogP contribution < -0.4 is 10.1 Å². The van der Waals surface area contributed by atoms with E-state index in [4.69, 9.17) is 21.1 Å². The summed E-state index contributed by atoms with van der Waals surface area (Å²) in [4.78, 5) is 16.5. The maximum absolute atomic E-state index is 12.3. The van der Waals surface area contributed by atoms with Crippen LogP contribution in [0.5, 0.6) is 5.88 Å². The number of nitrogens with one attached hydrogen (secondary N) is 1. The number of carbonyl (C=O) groups is 1. The molecular formula is C19H23ClN2O3. The zero-order chi connectivity index (χ0) is 18.4. The van der Waals surface area contributed by atoms with Crippen LogP contribution in [0.2, 0.25) is 5.02 Å². The predicted molar refractivity (Wildman–Crippen MR) is 99.6 cm³/mol. The van der Waals surface area contributed by atoms with E-state index in [0.29, 0.717) is 35.4 Å². The zero-order valence-electron chi connectivity index (χ0n) is 14.9. The first-order valence-electron chi connectivity index (χ1n) is 8.05. The van der Waals surface area contributed by atoms with Gasteiger partial charge in [-0.25, -0.2) is 4.98 Å². The molecule has 0 saturated heterocycles. The summed E-state index contributed by atoms with van der Waals surface area (Å²) in [7, 11) is 0. The van der Waals surface area contributed by atoms with Gasteiger partial charge in [0.2, 0.25) is 5.88 Å². The molecule has 0 bridgehead atoms. The van der Waals surface area contributed by atoms with Crippen LogP contribution in [-0.2, 0) is 4.74 Å². The Labute approximate surface area is 153 Å². The van der Waals surface area contributed by atoms with Crippen molar-refractivity contribution in [2.75, 3.05) is 18.5 Å². The van der Waals surface area contributed by atoms with Crippen LogP contribution in [0.1, 0.15) is 36.7 Å². The molecule has 0 unspecified atom stereocenters. The van der Waals surface area contributed by atoms with Gasteiger partial charge in [0.15, 0.2) is 0 Å². The van der Waals surface area contributed by atoms with Crippen molar-refractivity contribution in [3.8, 4) is 5.88 Å². The van der Waals surface area contributed by atoms with E-state index >= 15 is 0 Å². The molecule has 1 amide bonds. The molecule has 0 spiro atoms. The largest absolute Gasteiger partial charge is 0.475 e. The number of benzene rings is 1. The Balaban J connectivity index is 1.91. The van der Waals surface area contributed by atoms with Crippen LogP contribution in [0.25, 0.3) is 0 Å². The van der Waals surface area contributed by atoms with Gasteiger partial charge >= 0.3 is 0 Å². The fraction of sp³-hybridized carbons (Fsp3) is 0.368. The van der Waals surface area contributed by atoms with Gasteiger partial charge in [0.1, 0.15) is 6.61 Å². The Hall–Kier alpha value is -2.11. The van der Waals surface area contributed by atoms with Gasteiger partial charge in [0.05, 0.1) is 17.8 Å². The summed E-state index contributed by atoms with van der Waals surface area (Å²) in [6.07, 6.45) is 1.48. The molecule has 0 radical (unpaired) electrons. The molecule has 2 rings (SSSR count). The third-order valence-electron chi connectivity index (χ3n) is 3.38. The molecule has 1 aromatic carbocycles. The predicted octanol–water partition coefficient (Wildman–Crippen LogP) is 4.49. The summed E-state index contributed by atoms with van der Waals surface area (Å²) in [6, 6.07) is 8.71. The number of ether oxygens (including phenoxy) is 2. The Morgan fingerprint density at radius 2 is 1.96 bits per heavy atom. The van der Waals surface area contributed by atoms with Crippen LogP contribution >= 0.6 is 11.6 Å². The van der Waals surface area contributed by atoms with Gasteiger partial charge in [-0.15, -0.1) is 0 Å². The molecule has 1 N–H and O–H groups in total. The number of aromatic nitrogens is 1. The van der Waals surface area contributed by atoms with Crippen LogP contribution in [-0.4, -0.2) is 29.7 Å². The normalized spacial score (nSPS) is 11.2. The molecule has 0 aliphatic heterocycles. The molecule has 0 atom stereocenters. The number of pyridine rings is 1. The molecular weight excluding hydrogens is 340 g/mol. The molecule has 1 aromatic heterocycles. The van der Waals surface area contributed by atoms with E-state index in [9.17, 15) is 4.79 Å². The molecule has 25 heavy (non-hydrogen) atoms. The van der Waals surface area contributed by atoms with Gasteiger partial charge in [0.25, 0.3) is 5.91 Å². The highest BCUT2D eigenvalue weighted by molar-refractivity contribution is 6.31. The molecule has 1 heterocycles. The number of hydrogen-bond acceptors (Lipinski definition) is 4. The summed E-state index contributed by atoms with van der Waals surface area (Å²) in [5, 5.41) is 3.44. The van der Waals surface area contributed by atoms with E-state index in [1.165, 1.54) is 6.20 Å². The standard InChI is InChI=1S/C19H23ClN2O3/c1-13-15(20)6-5-7-16(13)22-18(23)14-8-9-17(21-12-14)24-10-11-25-19(2,3)4/h5-9,12H,10-11H2,1-4H3,(H,22,23). The van der Waals surface area contributed by atoms with Crippen molar-refractivity contribution in [2.45, 2.75) is 33.3 Å². The molecule has 134 valence electrons. The average Bonchev–Trinajstić information content (AvgIpc) is 2.55. The summed E-state index contributed by atoms with van der Waals surface area (Å²) in [5.41, 5.74) is 1.75. The zero-order valence-corrected chi connectivity index (χ0v) is 15.7. The van der Waals surface area contributed by atoms with Crippen molar-refractivity contribution in [1.82, 2.24) is 4.98 Å². The number of amides is 1. The summed E-state index contributed by atoms with van der Waals surface area (Å²) >= 11 is 6.06. The van der Waals surface area contributed by atoms with Crippen molar-refractivity contribution in [3.63, 3.8) is 0 Å². The molecule has 0 fully saturated rings. The second kappa shape index (κ2) is 8.32. The van der Waals surface area contributed by atoms with E-state index < -0.39 is 0 Å². The van der Waals surface area contributed by atoms with Crippen LogP contribution in [0.3, 0.4) is 0 Å². The molecule has 0 aliphatic carbocycles. The summed E-state index contributed by atoms with van der Waals surface area (Å²) in [6.45, 7) is 8.69. The fourth-order valence-corrected chi connectivity index (χ4v) is 2.21. The lowest BCUT2D eigenvalue weighted by molar-refractivity contribution is -0.0168.